The molecule has 1 heterocycles. The standard InChI is InChI=1S/C17H25N3O2S/c1-23-11-9-15(17(22)19-12-14-8-5-10-18-14)20-16(21)13-6-3-2-4-7-13/h2-4,6-7,14-15,18H,5,8-12H2,1H3,(H,19,22)(H,20,21). The van der Waals surface area contributed by atoms with Crippen LogP contribution in [0, 0.1) is 0 Å². The van der Waals surface area contributed by atoms with Gasteiger partial charge < -0.3 is 16.0 Å². The Labute approximate surface area is 142 Å². The van der Waals surface area contributed by atoms with E-state index in [1.165, 1.54) is 0 Å². The van der Waals surface area contributed by atoms with E-state index in [-0.39, 0.29) is 11.8 Å². The predicted molar refractivity (Wildman–Crippen MR) is 94.7 cm³/mol. The van der Waals surface area contributed by atoms with Crippen LogP contribution in [0.3, 0.4) is 0 Å². The van der Waals surface area contributed by atoms with Crippen molar-refractivity contribution in [3.05, 3.63) is 35.9 Å². The van der Waals surface area contributed by atoms with E-state index in [0.717, 1.165) is 25.1 Å². The summed E-state index contributed by atoms with van der Waals surface area (Å²) in [6.45, 7) is 1.64. The average Bonchev–Trinajstić information content (AvgIpc) is 3.10. The minimum Gasteiger partial charge on any atom is -0.353 e. The van der Waals surface area contributed by atoms with Crippen molar-refractivity contribution >= 4 is 23.6 Å². The summed E-state index contributed by atoms with van der Waals surface area (Å²) in [5, 5.41) is 9.18. The van der Waals surface area contributed by atoms with E-state index in [1.54, 1.807) is 23.9 Å². The third kappa shape index (κ3) is 5.88. The van der Waals surface area contributed by atoms with Crippen LogP contribution in [-0.4, -0.2) is 49.0 Å². The van der Waals surface area contributed by atoms with Crippen LogP contribution in [0.1, 0.15) is 29.6 Å². The van der Waals surface area contributed by atoms with Crippen LogP contribution in [0.15, 0.2) is 30.3 Å². The lowest BCUT2D eigenvalue weighted by atomic mass is 10.1. The number of hydrogen-bond donors (Lipinski definition) is 3. The van der Waals surface area contributed by atoms with Crippen LogP contribution in [-0.2, 0) is 4.79 Å². The molecule has 1 saturated heterocycles. The van der Waals surface area contributed by atoms with Gasteiger partial charge in [0.15, 0.2) is 0 Å². The zero-order chi connectivity index (χ0) is 16.5. The molecule has 5 nitrogen and oxygen atoms in total. The van der Waals surface area contributed by atoms with Gasteiger partial charge >= 0.3 is 0 Å². The number of carbonyl (C=O) groups is 2. The minimum absolute atomic E-state index is 0.1000. The molecule has 2 rings (SSSR count). The maximum absolute atomic E-state index is 12.4. The average molecular weight is 335 g/mol. The molecule has 2 atom stereocenters. The van der Waals surface area contributed by atoms with Crippen LogP contribution < -0.4 is 16.0 Å². The van der Waals surface area contributed by atoms with E-state index < -0.39 is 6.04 Å². The van der Waals surface area contributed by atoms with Gasteiger partial charge in [-0.15, -0.1) is 0 Å². The number of amides is 2. The maximum atomic E-state index is 12.4. The Morgan fingerprint density at radius 3 is 2.78 bits per heavy atom. The molecule has 1 fully saturated rings. The van der Waals surface area contributed by atoms with E-state index in [4.69, 9.17) is 0 Å². The van der Waals surface area contributed by atoms with Crippen molar-refractivity contribution in [3.8, 4) is 0 Å². The van der Waals surface area contributed by atoms with Gasteiger partial charge in [-0.3, -0.25) is 9.59 Å². The fourth-order valence-corrected chi connectivity index (χ4v) is 3.08. The summed E-state index contributed by atoms with van der Waals surface area (Å²) in [6.07, 6.45) is 4.87. The van der Waals surface area contributed by atoms with Crippen molar-refractivity contribution in [1.82, 2.24) is 16.0 Å². The summed E-state index contributed by atoms with van der Waals surface area (Å²) in [6, 6.07) is 8.86. The molecule has 2 amide bonds. The molecule has 3 N–H and O–H groups in total. The lowest BCUT2D eigenvalue weighted by Gasteiger charge is -2.19. The zero-order valence-corrected chi connectivity index (χ0v) is 14.3. The van der Waals surface area contributed by atoms with Gasteiger partial charge in [0.2, 0.25) is 5.91 Å². The van der Waals surface area contributed by atoms with Gasteiger partial charge in [-0.2, -0.15) is 11.8 Å². The topological polar surface area (TPSA) is 70.2 Å². The van der Waals surface area contributed by atoms with E-state index in [2.05, 4.69) is 16.0 Å². The van der Waals surface area contributed by atoms with Gasteiger partial charge in [-0.25, -0.2) is 0 Å². The third-order valence-electron chi connectivity index (χ3n) is 3.95. The van der Waals surface area contributed by atoms with E-state index in [0.29, 0.717) is 24.6 Å². The van der Waals surface area contributed by atoms with Gasteiger partial charge in [0.05, 0.1) is 0 Å². The van der Waals surface area contributed by atoms with Crippen molar-refractivity contribution in [3.63, 3.8) is 0 Å². The highest BCUT2D eigenvalue weighted by atomic mass is 32.2. The fourth-order valence-electron chi connectivity index (χ4n) is 2.61. The Kier molecular flexibility index (Phi) is 7.42. The largest absolute Gasteiger partial charge is 0.353 e. The molecule has 0 bridgehead atoms. The highest BCUT2D eigenvalue weighted by Gasteiger charge is 2.22. The van der Waals surface area contributed by atoms with E-state index in [1.807, 2.05) is 24.5 Å². The number of carbonyl (C=O) groups excluding carboxylic acids is 2. The van der Waals surface area contributed by atoms with Crippen LogP contribution >= 0.6 is 11.8 Å². The lowest BCUT2D eigenvalue weighted by molar-refractivity contribution is -0.123. The Morgan fingerprint density at radius 2 is 2.13 bits per heavy atom. The summed E-state index contributed by atoms with van der Waals surface area (Å²) >= 11 is 1.67. The second-order valence-corrected chi connectivity index (χ2v) is 6.70. The fraction of sp³-hybridized carbons (Fsp3) is 0.529. The molecule has 0 radical (unpaired) electrons. The predicted octanol–water partition coefficient (Wildman–Crippen LogP) is 1.41. The molecule has 126 valence electrons. The van der Waals surface area contributed by atoms with Gasteiger partial charge in [-0.1, -0.05) is 18.2 Å². The van der Waals surface area contributed by atoms with Crippen molar-refractivity contribution < 1.29 is 9.59 Å². The Balaban J connectivity index is 1.89. The quantitative estimate of drug-likeness (QED) is 0.672. The van der Waals surface area contributed by atoms with Crippen molar-refractivity contribution in [2.75, 3.05) is 25.1 Å². The Hall–Kier alpha value is -1.53. The van der Waals surface area contributed by atoms with Crippen LogP contribution in [0.2, 0.25) is 0 Å². The first-order valence-electron chi connectivity index (χ1n) is 8.06. The first kappa shape index (κ1) is 17.8. The molecule has 0 aromatic heterocycles. The van der Waals surface area contributed by atoms with Gasteiger partial charge in [0.1, 0.15) is 6.04 Å². The second kappa shape index (κ2) is 9.57. The molecule has 2 unspecified atom stereocenters. The number of rotatable bonds is 8. The first-order chi connectivity index (χ1) is 11.2. The summed E-state index contributed by atoms with van der Waals surface area (Å²) < 4.78 is 0. The van der Waals surface area contributed by atoms with Crippen LogP contribution in [0.25, 0.3) is 0 Å². The number of thioether (sulfide) groups is 1. The van der Waals surface area contributed by atoms with Crippen LogP contribution in [0.4, 0.5) is 0 Å². The van der Waals surface area contributed by atoms with Gasteiger partial charge in [0.25, 0.3) is 5.91 Å². The summed E-state index contributed by atoms with van der Waals surface area (Å²) in [5.41, 5.74) is 0.576. The van der Waals surface area contributed by atoms with Crippen LogP contribution in [0.5, 0.6) is 0 Å². The highest BCUT2D eigenvalue weighted by molar-refractivity contribution is 7.98. The molecule has 1 aliphatic rings. The van der Waals surface area contributed by atoms with Gasteiger partial charge in [-0.05, 0) is 49.9 Å². The van der Waals surface area contributed by atoms with Crippen molar-refractivity contribution in [2.24, 2.45) is 0 Å². The van der Waals surface area contributed by atoms with Gasteiger partial charge in [0, 0.05) is 18.2 Å². The summed E-state index contributed by atoms with van der Waals surface area (Å²) in [4.78, 5) is 24.7. The highest BCUT2D eigenvalue weighted by Crippen LogP contribution is 2.06. The number of benzene rings is 1. The summed E-state index contributed by atoms with van der Waals surface area (Å²) in [5.74, 6) is 0.525. The molecule has 1 aromatic carbocycles. The van der Waals surface area contributed by atoms with Crippen molar-refractivity contribution in [2.45, 2.75) is 31.3 Å². The molecule has 0 saturated carbocycles. The van der Waals surface area contributed by atoms with E-state index >= 15 is 0 Å². The monoisotopic (exact) mass is 335 g/mol. The summed E-state index contributed by atoms with van der Waals surface area (Å²) in [7, 11) is 0. The number of hydrogen-bond acceptors (Lipinski definition) is 4. The number of nitrogens with one attached hydrogen (secondary N) is 3. The first-order valence-corrected chi connectivity index (χ1v) is 9.46. The molecule has 0 aliphatic carbocycles. The molecular formula is C17H25N3O2S. The SMILES string of the molecule is CSCCC(NC(=O)c1ccccc1)C(=O)NCC1CCCN1. The minimum atomic E-state index is -0.489. The molecule has 1 aliphatic heterocycles. The molecule has 0 spiro atoms. The molecule has 23 heavy (non-hydrogen) atoms. The van der Waals surface area contributed by atoms with E-state index in [9.17, 15) is 9.59 Å². The maximum Gasteiger partial charge on any atom is 0.251 e. The lowest BCUT2D eigenvalue weighted by Crippen LogP contribution is -2.49. The zero-order valence-electron chi connectivity index (χ0n) is 13.5. The molecule has 1 aromatic rings. The molecular weight excluding hydrogens is 310 g/mol. The molecule has 6 heteroatoms. The normalized spacial score (nSPS) is 18.4. The smallest absolute Gasteiger partial charge is 0.251 e. The Bertz CT molecular complexity index is 504. The van der Waals surface area contributed by atoms with Crippen molar-refractivity contribution in [1.29, 1.82) is 0 Å². The third-order valence-corrected chi connectivity index (χ3v) is 4.60. The Morgan fingerprint density at radius 1 is 1.35 bits per heavy atom. The second-order valence-electron chi connectivity index (χ2n) is 5.71.